The van der Waals surface area contributed by atoms with Crippen LogP contribution in [0, 0.1) is 0 Å². The zero-order chi connectivity index (χ0) is 13.2. The molecule has 9 heteroatoms. The molecule has 0 aromatic heterocycles. The molecule has 0 radical (unpaired) electrons. The van der Waals surface area contributed by atoms with Crippen LogP contribution in [0.4, 0.5) is 22.0 Å². The number of halogens is 5. The summed E-state index contributed by atoms with van der Waals surface area (Å²) in [6.45, 7) is -0.345. The van der Waals surface area contributed by atoms with E-state index in [0.717, 1.165) is 0 Å². The molecule has 0 aromatic carbocycles. The van der Waals surface area contributed by atoms with Crippen LogP contribution in [0.1, 0.15) is 12.8 Å². The highest BCUT2D eigenvalue weighted by Crippen LogP contribution is 2.43. The van der Waals surface area contributed by atoms with E-state index in [1.54, 1.807) is 0 Å². The lowest BCUT2D eigenvalue weighted by Gasteiger charge is -2.42. The molecule has 0 spiro atoms. The Morgan fingerprint density at radius 2 is 1.62 bits per heavy atom. The highest BCUT2D eigenvalue weighted by Gasteiger charge is 2.53. The van der Waals surface area contributed by atoms with E-state index in [2.05, 4.69) is 0 Å². The largest absolute Gasteiger partial charge is 0.490 e. The molecule has 0 amide bonds. The van der Waals surface area contributed by atoms with E-state index >= 15 is 0 Å². The second kappa shape index (κ2) is 4.50. The molecule has 96 valence electrons. The van der Waals surface area contributed by atoms with Crippen molar-refractivity contribution < 1.29 is 37.0 Å². The molecule has 0 aromatic rings. The van der Waals surface area contributed by atoms with Gasteiger partial charge in [0.25, 0.3) is 5.92 Å². The Hall–Kier alpha value is -0.960. The van der Waals surface area contributed by atoms with Gasteiger partial charge in [0, 0.05) is 12.8 Å². The maximum atomic E-state index is 12.0. The van der Waals surface area contributed by atoms with Gasteiger partial charge in [-0.25, -0.2) is 13.6 Å². The summed E-state index contributed by atoms with van der Waals surface area (Å²) in [4.78, 5) is 8.90. The fourth-order valence-corrected chi connectivity index (χ4v) is 1.09. The second-order valence-corrected chi connectivity index (χ2v) is 3.53. The van der Waals surface area contributed by atoms with Gasteiger partial charge in [0.05, 0.1) is 12.1 Å². The van der Waals surface area contributed by atoms with Crippen molar-refractivity contribution in [3.05, 3.63) is 0 Å². The van der Waals surface area contributed by atoms with E-state index in [-0.39, 0.29) is 19.4 Å². The van der Waals surface area contributed by atoms with Crippen LogP contribution in [-0.2, 0) is 4.79 Å². The molecule has 1 rings (SSSR count). The third-order valence-electron chi connectivity index (χ3n) is 1.78. The summed E-state index contributed by atoms with van der Waals surface area (Å²) in [5.41, 5.74) is 4.25. The molecule has 1 saturated carbocycles. The van der Waals surface area contributed by atoms with Crippen LogP contribution >= 0.6 is 0 Å². The fraction of sp³-hybridized carbons (Fsp3) is 0.857. The van der Waals surface area contributed by atoms with Crippen molar-refractivity contribution in [2.75, 3.05) is 6.61 Å². The second-order valence-electron chi connectivity index (χ2n) is 3.53. The van der Waals surface area contributed by atoms with E-state index < -0.39 is 23.6 Å². The molecule has 1 aliphatic rings. The standard InChI is InChI=1S/C5H9F2NO.C2HF3O2/c6-5(7)1-4(8,2-5)3-9;3-2(4,5)1(6)7/h9H,1-3,8H2;(H,6,7). The SMILES string of the molecule is NC1(CO)CC(F)(F)C1.O=C(O)C(F)(F)F. The minimum atomic E-state index is -5.08. The number of carbonyl (C=O) groups is 1. The highest BCUT2D eigenvalue weighted by atomic mass is 19.4. The number of aliphatic carboxylic acids is 1. The van der Waals surface area contributed by atoms with Gasteiger partial charge < -0.3 is 15.9 Å². The van der Waals surface area contributed by atoms with Gasteiger partial charge in [-0.05, 0) is 0 Å². The number of rotatable bonds is 1. The average molecular weight is 251 g/mol. The molecule has 0 saturated heterocycles. The van der Waals surface area contributed by atoms with Crippen molar-refractivity contribution >= 4 is 5.97 Å². The Balaban J connectivity index is 0.000000293. The first-order valence-corrected chi connectivity index (χ1v) is 4.00. The zero-order valence-electron chi connectivity index (χ0n) is 7.89. The van der Waals surface area contributed by atoms with Gasteiger partial charge >= 0.3 is 12.1 Å². The number of nitrogens with two attached hydrogens (primary N) is 1. The monoisotopic (exact) mass is 251 g/mol. The number of carboxylic acid groups (broad SMARTS) is 1. The number of alkyl halides is 5. The molecule has 0 atom stereocenters. The third-order valence-corrected chi connectivity index (χ3v) is 1.78. The molecule has 0 aliphatic heterocycles. The van der Waals surface area contributed by atoms with Crippen molar-refractivity contribution in [2.24, 2.45) is 5.73 Å². The number of carboxylic acids is 1. The van der Waals surface area contributed by atoms with Gasteiger partial charge in [0.2, 0.25) is 0 Å². The average Bonchev–Trinajstić information content (AvgIpc) is 1.99. The lowest BCUT2D eigenvalue weighted by Crippen LogP contribution is -2.60. The topological polar surface area (TPSA) is 83.5 Å². The molecular weight excluding hydrogens is 241 g/mol. The van der Waals surface area contributed by atoms with Crippen LogP contribution in [0.2, 0.25) is 0 Å². The zero-order valence-corrected chi connectivity index (χ0v) is 7.89. The number of hydrogen-bond donors (Lipinski definition) is 3. The van der Waals surface area contributed by atoms with E-state index in [9.17, 15) is 22.0 Å². The van der Waals surface area contributed by atoms with E-state index in [1.807, 2.05) is 0 Å². The van der Waals surface area contributed by atoms with Gasteiger partial charge in [0.15, 0.2) is 0 Å². The number of hydrogen-bond acceptors (Lipinski definition) is 3. The van der Waals surface area contributed by atoms with Crippen molar-refractivity contribution in [1.82, 2.24) is 0 Å². The maximum Gasteiger partial charge on any atom is 0.490 e. The van der Waals surface area contributed by atoms with Crippen molar-refractivity contribution in [1.29, 1.82) is 0 Å². The number of aliphatic hydroxyl groups excluding tert-OH is 1. The molecular formula is C7H10F5NO3. The van der Waals surface area contributed by atoms with Gasteiger partial charge in [-0.1, -0.05) is 0 Å². The smallest absolute Gasteiger partial charge is 0.475 e. The first-order valence-electron chi connectivity index (χ1n) is 4.00. The van der Waals surface area contributed by atoms with Crippen LogP contribution in [-0.4, -0.2) is 40.4 Å². The third kappa shape index (κ3) is 4.71. The minimum Gasteiger partial charge on any atom is -0.475 e. The maximum absolute atomic E-state index is 12.0. The summed E-state index contributed by atoms with van der Waals surface area (Å²) in [7, 11) is 0. The molecule has 0 unspecified atom stereocenters. The summed E-state index contributed by atoms with van der Waals surface area (Å²) in [5, 5.41) is 15.5. The summed E-state index contributed by atoms with van der Waals surface area (Å²) in [5.74, 6) is -5.38. The number of aliphatic hydroxyl groups is 1. The Morgan fingerprint density at radius 3 is 1.69 bits per heavy atom. The first-order chi connectivity index (χ1) is 6.92. The van der Waals surface area contributed by atoms with Gasteiger partial charge in [-0.3, -0.25) is 0 Å². The normalized spacial score (nSPS) is 21.4. The summed E-state index contributed by atoms with van der Waals surface area (Å²) in [6.07, 6.45) is -5.84. The van der Waals surface area contributed by atoms with E-state index in [1.165, 1.54) is 0 Å². The quantitative estimate of drug-likeness (QED) is 0.600. The fourth-order valence-electron chi connectivity index (χ4n) is 1.09. The molecule has 1 aliphatic carbocycles. The van der Waals surface area contributed by atoms with Gasteiger partial charge in [0.1, 0.15) is 0 Å². The summed E-state index contributed by atoms with van der Waals surface area (Å²) in [6, 6.07) is 0. The van der Waals surface area contributed by atoms with E-state index in [0.29, 0.717) is 0 Å². The van der Waals surface area contributed by atoms with Crippen molar-refractivity contribution in [2.45, 2.75) is 30.5 Å². The molecule has 16 heavy (non-hydrogen) atoms. The Labute approximate surface area is 86.8 Å². The molecule has 4 nitrogen and oxygen atoms in total. The molecule has 4 N–H and O–H groups in total. The lowest BCUT2D eigenvalue weighted by atomic mass is 9.75. The van der Waals surface area contributed by atoms with Crippen LogP contribution in [0.15, 0.2) is 0 Å². The Morgan fingerprint density at radius 1 is 1.31 bits per heavy atom. The summed E-state index contributed by atoms with van der Waals surface area (Å²) >= 11 is 0. The van der Waals surface area contributed by atoms with Crippen LogP contribution in [0.25, 0.3) is 0 Å². The lowest BCUT2D eigenvalue weighted by molar-refractivity contribution is -0.192. The Kier molecular flexibility index (Phi) is 4.23. The van der Waals surface area contributed by atoms with Crippen LogP contribution < -0.4 is 5.73 Å². The highest BCUT2D eigenvalue weighted by molar-refractivity contribution is 5.73. The predicted octanol–water partition coefficient (Wildman–Crippen LogP) is 0.739. The molecule has 0 bridgehead atoms. The minimum absolute atomic E-state index is 0.345. The van der Waals surface area contributed by atoms with Crippen molar-refractivity contribution in [3.8, 4) is 0 Å². The molecule has 1 fully saturated rings. The Bertz CT molecular complexity index is 257. The molecule has 0 heterocycles. The van der Waals surface area contributed by atoms with Crippen LogP contribution in [0.3, 0.4) is 0 Å². The first kappa shape index (κ1) is 15.0. The van der Waals surface area contributed by atoms with Gasteiger partial charge in [-0.15, -0.1) is 0 Å². The van der Waals surface area contributed by atoms with Crippen molar-refractivity contribution in [3.63, 3.8) is 0 Å². The predicted molar refractivity (Wildman–Crippen MR) is 41.9 cm³/mol. The van der Waals surface area contributed by atoms with Crippen LogP contribution in [0.5, 0.6) is 0 Å². The summed E-state index contributed by atoms with van der Waals surface area (Å²) < 4.78 is 55.8. The van der Waals surface area contributed by atoms with E-state index in [4.69, 9.17) is 20.7 Å². The van der Waals surface area contributed by atoms with Gasteiger partial charge in [-0.2, -0.15) is 13.2 Å².